The van der Waals surface area contributed by atoms with Crippen molar-refractivity contribution in [2.45, 2.75) is 38.5 Å². The molecule has 0 aliphatic heterocycles. The third-order valence-electron chi connectivity index (χ3n) is 5.13. The fourth-order valence-electron chi connectivity index (χ4n) is 4.09. The number of rotatable bonds is 0. The molecule has 2 aromatic carbocycles. The van der Waals surface area contributed by atoms with E-state index in [2.05, 4.69) is 25.6 Å². The smallest absolute Gasteiger partial charge is 0.127 e. The van der Waals surface area contributed by atoms with E-state index in [1.807, 2.05) is 12.1 Å². The molecule has 106 valence electrons. The lowest BCUT2D eigenvalue weighted by Gasteiger charge is -2.32. The van der Waals surface area contributed by atoms with Gasteiger partial charge in [-0.1, -0.05) is 37.8 Å². The Hall–Kier alpha value is -1.89. The highest BCUT2D eigenvalue weighted by molar-refractivity contribution is 5.87. The second-order valence-electron chi connectivity index (χ2n) is 6.28. The van der Waals surface area contributed by atoms with E-state index in [0.717, 1.165) is 29.5 Å². The van der Waals surface area contributed by atoms with Gasteiger partial charge in [0.1, 0.15) is 5.82 Å². The molecule has 21 heavy (non-hydrogen) atoms. The first-order valence-electron chi connectivity index (χ1n) is 7.81. The van der Waals surface area contributed by atoms with Crippen molar-refractivity contribution in [3.05, 3.63) is 76.1 Å². The second-order valence-corrected chi connectivity index (χ2v) is 6.28. The number of benzene rings is 2. The highest BCUT2D eigenvalue weighted by atomic mass is 19.1. The topological polar surface area (TPSA) is 0 Å². The van der Waals surface area contributed by atoms with Crippen LogP contribution in [0.2, 0.25) is 0 Å². The Bertz CT molecular complexity index is 755. The van der Waals surface area contributed by atoms with Crippen molar-refractivity contribution in [2.75, 3.05) is 0 Å². The van der Waals surface area contributed by atoms with Crippen molar-refractivity contribution in [2.24, 2.45) is 0 Å². The van der Waals surface area contributed by atoms with Crippen LogP contribution in [-0.4, -0.2) is 0 Å². The van der Waals surface area contributed by atoms with E-state index < -0.39 is 0 Å². The predicted molar refractivity (Wildman–Crippen MR) is 85.1 cm³/mol. The maximum atomic E-state index is 14.7. The summed E-state index contributed by atoms with van der Waals surface area (Å²) in [7, 11) is 0. The first kappa shape index (κ1) is 12.8. The van der Waals surface area contributed by atoms with E-state index >= 15 is 0 Å². The summed E-state index contributed by atoms with van der Waals surface area (Å²) in [4.78, 5) is 0. The Morgan fingerprint density at radius 3 is 2.76 bits per heavy atom. The molecule has 0 heterocycles. The summed E-state index contributed by atoms with van der Waals surface area (Å²) in [6.07, 6.45) is 4.44. The van der Waals surface area contributed by atoms with Gasteiger partial charge < -0.3 is 0 Å². The van der Waals surface area contributed by atoms with Crippen LogP contribution in [0.4, 0.5) is 4.39 Å². The molecular formula is C20H19F. The molecule has 0 radical (unpaired) electrons. The molecule has 1 unspecified atom stereocenters. The molecule has 0 saturated carbocycles. The number of hydrogen-bond acceptors (Lipinski definition) is 0. The molecule has 1 atom stereocenters. The fourth-order valence-corrected chi connectivity index (χ4v) is 4.09. The second kappa shape index (κ2) is 4.56. The van der Waals surface area contributed by atoms with E-state index in [4.69, 9.17) is 0 Å². The molecule has 0 saturated heterocycles. The number of fused-ring (bicyclic) bond motifs is 4. The zero-order valence-corrected chi connectivity index (χ0v) is 12.4. The van der Waals surface area contributed by atoms with Gasteiger partial charge in [0.2, 0.25) is 0 Å². The van der Waals surface area contributed by atoms with Crippen molar-refractivity contribution >= 4 is 5.57 Å². The summed E-state index contributed by atoms with van der Waals surface area (Å²) in [6, 6.07) is 10.1. The first-order valence-corrected chi connectivity index (χ1v) is 7.81. The van der Waals surface area contributed by atoms with Gasteiger partial charge >= 0.3 is 0 Å². The van der Waals surface area contributed by atoms with Gasteiger partial charge in [0.25, 0.3) is 0 Å². The molecule has 2 aliphatic rings. The maximum absolute atomic E-state index is 14.7. The van der Waals surface area contributed by atoms with Crippen LogP contribution in [0, 0.1) is 5.82 Å². The lowest BCUT2D eigenvalue weighted by Crippen LogP contribution is -2.18. The summed E-state index contributed by atoms with van der Waals surface area (Å²) in [5.41, 5.74) is 7.92. The molecule has 2 aliphatic carbocycles. The van der Waals surface area contributed by atoms with Crippen LogP contribution in [0.3, 0.4) is 0 Å². The van der Waals surface area contributed by atoms with Crippen molar-refractivity contribution in [3.8, 4) is 0 Å². The molecule has 0 fully saturated rings. The summed E-state index contributed by atoms with van der Waals surface area (Å²) < 4.78 is 14.7. The minimum atomic E-state index is -0.0474. The average molecular weight is 278 g/mol. The van der Waals surface area contributed by atoms with Crippen molar-refractivity contribution < 1.29 is 4.39 Å². The SMILES string of the molecule is C=C1c2ccccc2C(C)c2c(F)cc3c(c21)CCCC3. The average Bonchev–Trinajstić information content (AvgIpc) is 2.51. The Labute approximate surface area is 125 Å². The predicted octanol–water partition coefficient (Wildman–Crippen LogP) is 5.23. The van der Waals surface area contributed by atoms with Gasteiger partial charge in [-0.15, -0.1) is 0 Å². The third-order valence-corrected chi connectivity index (χ3v) is 5.13. The van der Waals surface area contributed by atoms with Crippen molar-refractivity contribution in [1.29, 1.82) is 0 Å². The molecule has 4 rings (SSSR count). The van der Waals surface area contributed by atoms with E-state index in [1.54, 1.807) is 6.07 Å². The zero-order valence-electron chi connectivity index (χ0n) is 12.4. The van der Waals surface area contributed by atoms with Gasteiger partial charge in [0.05, 0.1) is 0 Å². The van der Waals surface area contributed by atoms with Gasteiger partial charge in [0.15, 0.2) is 0 Å². The van der Waals surface area contributed by atoms with Crippen molar-refractivity contribution in [3.63, 3.8) is 0 Å². The lowest BCUT2D eigenvalue weighted by atomic mass is 9.72. The Morgan fingerprint density at radius 2 is 1.90 bits per heavy atom. The van der Waals surface area contributed by atoms with Gasteiger partial charge in [-0.3, -0.25) is 0 Å². The quantitative estimate of drug-likeness (QED) is 0.619. The molecule has 0 nitrogen and oxygen atoms in total. The van der Waals surface area contributed by atoms with Crippen LogP contribution >= 0.6 is 0 Å². The van der Waals surface area contributed by atoms with Crippen LogP contribution in [0.15, 0.2) is 36.9 Å². The summed E-state index contributed by atoms with van der Waals surface area (Å²) in [5.74, 6) is 0.0581. The Balaban J connectivity index is 2.04. The molecular weight excluding hydrogens is 259 g/mol. The van der Waals surface area contributed by atoms with Crippen LogP contribution in [0.25, 0.3) is 5.57 Å². The molecule has 0 spiro atoms. The highest BCUT2D eigenvalue weighted by Gasteiger charge is 2.31. The van der Waals surface area contributed by atoms with Crippen LogP contribution in [-0.2, 0) is 12.8 Å². The minimum absolute atomic E-state index is 0.0474. The van der Waals surface area contributed by atoms with E-state index in [-0.39, 0.29) is 11.7 Å². The molecule has 0 bridgehead atoms. The first-order chi connectivity index (χ1) is 10.2. The maximum Gasteiger partial charge on any atom is 0.127 e. The van der Waals surface area contributed by atoms with Crippen LogP contribution in [0.5, 0.6) is 0 Å². The molecule has 1 heteroatoms. The van der Waals surface area contributed by atoms with Gasteiger partial charge in [-0.25, -0.2) is 4.39 Å². The van der Waals surface area contributed by atoms with E-state index in [1.165, 1.54) is 35.1 Å². The number of halogens is 1. The number of hydrogen-bond donors (Lipinski definition) is 0. The minimum Gasteiger partial charge on any atom is -0.207 e. The summed E-state index contributed by atoms with van der Waals surface area (Å²) >= 11 is 0. The fraction of sp³-hybridized carbons (Fsp3) is 0.300. The largest absolute Gasteiger partial charge is 0.207 e. The van der Waals surface area contributed by atoms with Gasteiger partial charge in [-0.05, 0) is 65.1 Å². The lowest BCUT2D eigenvalue weighted by molar-refractivity contribution is 0.587. The molecule has 0 N–H and O–H groups in total. The summed E-state index contributed by atoms with van der Waals surface area (Å²) in [5, 5.41) is 0. The zero-order chi connectivity index (χ0) is 14.6. The van der Waals surface area contributed by atoms with Crippen LogP contribution < -0.4 is 0 Å². The standard InChI is InChI=1S/C20H19F/c1-12-15-8-5-6-9-16(15)13(2)20-18(21)11-14-7-3-4-10-17(14)19(12)20/h5-6,8-9,11,13H,1,3-4,7,10H2,2H3. The Morgan fingerprint density at radius 1 is 1.14 bits per heavy atom. The normalized spacial score (nSPS) is 19.7. The molecule has 2 aromatic rings. The molecule has 0 aromatic heterocycles. The van der Waals surface area contributed by atoms with E-state index in [0.29, 0.717) is 0 Å². The Kier molecular flexibility index (Phi) is 2.78. The van der Waals surface area contributed by atoms with Gasteiger partial charge in [-0.2, -0.15) is 0 Å². The van der Waals surface area contributed by atoms with Crippen molar-refractivity contribution in [1.82, 2.24) is 0 Å². The third kappa shape index (κ3) is 1.73. The summed E-state index contributed by atoms with van der Waals surface area (Å²) in [6.45, 7) is 6.43. The molecule has 0 amide bonds. The van der Waals surface area contributed by atoms with Crippen LogP contribution in [0.1, 0.15) is 59.1 Å². The number of aryl methyl sites for hydroxylation is 1. The highest BCUT2D eigenvalue weighted by Crippen LogP contribution is 2.46. The van der Waals surface area contributed by atoms with Gasteiger partial charge in [0, 0.05) is 11.5 Å². The monoisotopic (exact) mass is 278 g/mol. The van der Waals surface area contributed by atoms with E-state index in [9.17, 15) is 4.39 Å².